The molecule has 0 spiro atoms. The fraction of sp³-hybridized carbons (Fsp3) is 0.550. The van der Waals surface area contributed by atoms with Gasteiger partial charge in [-0.15, -0.1) is 0 Å². The van der Waals surface area contributed by atoms with Crippen LogP contribution in [0.3, 0.4) is 0 Å². The van der Waals surface area contributed by atoms with Crippen molar-refractivity contribution in [3.63, 3.8) is 0 Å². The van der Waals surface area contributed by atoms with Gasteiger partial charge in [0.25, 0.3) is 0 Å². The molecule has 2 aliphatic heterocycles. The summed E-state index contributed by atoms with van der Waals surface area (Å²) < 4.78 is 5.25. The van der Waals surface area contributed by atoms with Gasteiger partial charge in [0.15, 0.2) is 0 Å². The molecule has 1 aromatic carbocycles. The Bertz CT molecular complexity index is 629. The molecular formula is C20H26N4O2. The maximum Gasteiger partial charge on any atom is 0.410 e. The summed E-state index contributed by atoms with van der Waals surface area (Å²) in [5.41, 5.74) is 0.989. The molecule has 2 aliphatic rings. The Kier molecular flexibility index (Phi) is 8.45. The molecule has 0 aromatic heterocycles. The minimum absolute atomic E-state index is 0.272. The molecule has 0 radical (unpaired) electrons. The van der Waals surface area contributed by atoms with Crippen LogP contribution in [0, 0.1) is 25.0 Å². The first-order valence-corrected chi connectivity index (χ1v) is 9.05. The highest BCUT2D eigenvalue weighted by Gasteiger charge is 2.28. The van der Waals surface area contributed by atoms with Gasteiger partial charge in [-0.3, -0.25) is 0 Å². The van der Waals surface area contributed by atoms with E-state index >= 15 is 0 Å². The van der Waals surface area contributed by atoms with Crippen molar-refractivity contribution in [3.05, 3.63) is 58.7 Å². The summed E-state index contributed by atoms with van der Waals surface area (Å²) in [6, 6.07) is 9.63. The van der Waals surface area contributed by atoms with Crippen LogP contribution in [0.25, 0.3) is 9.69 Å². The largest absolute Gasteiger partial charge is 0.445 e. The highest BCUT2D eigenvalue weighted by molar-refractivity contribution is 5.68. The zero-order chi connectivity index (χ0) is 18.6. The zero-order valence-electron chi connectivity index (χ0n) is 15.1. The van der Waals surface area contributed by atoms with Crippen LogP contribution in [-0.2, 0) is 11.3 Å². The van der Waals surface area contributed by atoms with Crippen molar-refractivity contribution >= 4 is 6.09 Å². The van der Waals surface area contributed by atoms with Crippen molar-refractivity contribution in [2.24, 2.45) is 11.8 Å². The predicted molar refractivity (Wildman–Crippen MR) is 100 cm³/mol. The topological polar surface area (TPSA) is 50.3 Å². The van der Waals surface area contributed by atoms with Crippen LogP contribution in [-0.4, -0.2) is 50.3 Å². The second-order valence-corrected chi connectivity index (χ2v) is 6.68. The van der Waals surface area contributed by atoms with Gasteiger partial charge >= 0.3 is 6.09 Å². The molecule has 26 heavy (non-hydrogen) atoms. The number of likely N-dealkylation sites (tertiary alicyclic amines) is 1. The first-order valence-electron chi connectivity index (χ1n) is 9.05. The van der Waals surface area contributed by atoms with Gasteiger partial charge in [-0.1, -0.05) is 30.3 Å². The predicted octanol–water partition coefficient (Wildman–Crippen LogP) is 3.08. The van der Waals surface area contributed by atoms with E-state index in [0.717, 1.165) is 25.1 Å². The lowest BCUT2D eigenvalue weighted by atomic mass is 10.1. The number of hydrogen-bond acceptors (Lipinski definition) is 3. The number of carbonyl (C=O) groups excluding carboxylic acids is 1. The molecular weight excluding hydrogens is 328 g/mol. The number of nitrogens with one attached hydrogen (secondary N) is 1. The maximum absolute atomic E-state index is 11.8. The molecule has 6 heteroatoms. The minimum Gasteiger partial charge on any atom is -0.445 e. The van der Waals surface area contributed by atoms with Crippen molar-refractivity contribution < 1.29 is 9.53 Å². The molecule has 0 aliphatic carbocycles. The zero-order valence-corrected chi connectivity index (χ0v) is 15.1. The van der Waals surface area contributed by atoms with E-state index in [2.05, 4.69) is 15.0 Å². The van der Waals surface area contributed by atoms with Crippen LogP contribution < -0.4 is 5.32 Å². The summed E-state index contributed by atoms with van der Waals surface area (Å²) in [5.74, 6) is 0.958. The molecule has 6 nitrogen and oxygen atoms in total. The van der Waals surface area contributed by atoms with Gasteiger partial charge in [0.2, 0.25) is 13.1 Å². The van der Waals surface area contributed by atoms with Crippen LogP contribution in [0.5, 0.6) is 0 Å². The van der Waals surface area contributed by atoms with Crippen molar-refractivity contribution in [1.29, 1.82) is 0 Å². The lowest BCUT2D eigenvalue weighted by Crippen LogP contribution is -2.29. The van der Waals surface area contributed by atoms with E-state index in [1.807, 2.05) is 30.3 Å². The molecule has 138 valence electrons. The van der Waals surface area contributed by atoms with Crippen LogP contribution in [0.15, 0.2) is 30.3 Å². The van der Waals surface area contributed by atoms with Crippen LogP contribution >= 0.6 is 0 Å². The van der Waals surface area contributed by atoms with Gasteiger partial charge in [0.1, 0.15) is 6.61 Å². The van der Waals surface area contributed by atoms with Crippen molar-refractivity contribution in [2.45, 2.75) is 19.4 Å². The second-order valence-electron chi connectivity index (χ2n) is 6.68. The third-order valence-corrected chi connectivity index (χ3v) is 4.61. The summed E-state index contributed by atoms with van der Waals surface area (Å²) in [4.78, 5) is 20.2. The molecule has 1 N–H and O–H groups in total. The molecule has 1 amide bonds. The van der Waals surface area contributed by atoms with E-state index in [1.54, 1.807) is 4.90 Å². The molecule has 2 heterocycles. The van der Waals surface area contributed by atoms with E-state index < -0.39 is 0 Å². The SMILES string of the molecule is [C-]#[N+]CC1CCN(C(=O)OCc2ccccc2)C1.[C-]#[N+]CC1CCNC1. The summed E-state index contributed by atoms with van der Waals surface area (Å²) in [6.07, 6.45) is 1.83. The highest BCUT2D eigenvalue weighted by atomic mass is 16.6. The maximum atomic E-state index is 11.8. The summed E-state index contributed by atoms with van der Waals surface area (Å²) in [5, 5.41) is 3.21. The average molecular weight is 354 g/mol. The lowest BCUT2D eigenvalue weighted by Gasteiger charge is -2.15. The molecule has 2 fully saturated rings. The monoisotopic (exact) mass is 354 g/mol. The number of ether oxygens (including phenoxy) is 1. The van der Waals surface area contributed by atoms with E-state index in [0.29, 0.717) is 44.6 Å². The van der Waals surface area contributed by atoms with Crippen LogP contribution in [0.1, 0.15) is 18.4 Å². The molecule has 0 saturated carbocycles. The lowest BCUT2D eigenvalue weighted by molar-refractivity contribution is 0.103. The molecule has 2 unspecified atom stereocenters. The highest BCUT2D eigenvalue weighted by Crippen LogP contribution is 2.17. The van der Waals surface area contributed by atoms with E-state index in [4.69, 9.17) is 17.9 Å². The number of amides is 1. The Morgan fingerprint density at radius 3 is 2.54 bits per heavy atom. The number of nitrogens with zero attached hydrogens (tertiary/aromatic N) is 3. The normalized spacial score (nSPS) is 21.2. The summed E-state index contributed by atoms with van der Waals surface area (Å²) >= 11 is 0. The fourth-order valence-corrected chi connectivity index (χ4v) is 3.09. The Hall–Kier alpha value is -2.57. The van der Waals surface area contributed by atoms with Gasteiger partial charge < -0.3 is 24.6 Å². The van der Waals surface area contributed by atoms with Crippen molar-refractivity contribution in [1.82, 2.24) is 10.2 Å². The molecule has 2 atom stereocenters. The smallest absolute Gasteiger partial charge is 0.410 e. The van der Waals surface area contributed by atoms with Gasteiger partial charge in [0, 0.05) is 25.6 Å². The number of rotatable bonds is 4. The standard InChI is InChI=1S/C14H16N2O2.C6H10N2/c1-15-9-13-7-8-16(10-13)14(17)18-11-12-5-3-2-4-6-12;1-7-4-6-2-3-8-5-6/h2-6,13H,7-11H2;6,8H,2-5H2. The third kappa shape index (κ3) is 6.74. The van der Waals surface area contributed by atoms with E-state index in [9.17, 15) is 4.79 Å². The van der Waals surface area contributed by atoms with Crippen molar-refractivity contribution in [2.75, 3.05) is 39.3 Å². The van der Waals surface area contributed by atoms with Crippen molar-refractivity contribution in [3.8, 4) is 0 Å². The van der Waals surface area contributed by atoms with Crippen LogP contribution in [0.2, 0.25) is 0 Å². The summed E-state index contributed by atoms with van der Waals surface area (Å²) in [7, 11) is 0. The number of benzene rings is 1. The Balaban J connectivity index is 0.000000254. The number of hydrogen-bond donors (Lipinski definition) is 1. The van der Waals surface area contributed by atoms with Gasteiger partial charge in [-0.05, 0) is 24.9 Å². The minimum atomic E-state index is -0.272. The number of carbonyl (C=O) groups is 1. The fourth-order valence-electron chi connectivity index (χ4n) is 3.09. The van der Waals surface area contributed by atoms with Crippen LogP contribution in [0.4, 0.5) is 4.79 Å². The molecule has 3 rings (SSSR count). The first kappa shape index (κ1) is 19.8. The van der Waals surface area contributed by atoms with E-state index in [-0.39, 0.29) is 6.09 Å². The van der Waals surface area contributed by atoms with E-state index in [1.165, 1.54) is 6.42 Å². The van der Waals surface area contributed by atoms with Gasteiger partial charge in [-0.2, -0.15) is 0 Å². The quantitative estimate of drug-likeness (QED) is 0.846. The third-order valence-electron chi connectivity index (χ3n) is 4.61. The Morgan fingerprint density at radius 1 is 1.15 bits per heavy atom. The first-order chi connectivity index (χ1) is 12.7. The Morgan fingerprint density at radius 2 is 1.88 bits per heavy atom. The molecule has 1 aromatic rings. The van der Waals surface area contributed by atoms with Gasteiger partial charge in [-0.25, -0.2) is 17.9 Å². The summed E-state index contributed by atoms with van der Waals surface area (Å²) in [6.45, 7) is 18.4. The second kappa shape index (κ2) is 11.1. The molecule has 2 saturated heterocycles. The van der Waals surface area contributed by atoms with Gasteiger partial charge in [0.05, 0.1) is 5.92 Å². The Labute approximate surface area is 155 Å². The molecule has 0 bridgehead atoms. The average Bonchev–Trinajstić information content (AvgIpc) is 3.34.